The van der Waals surface area contributed by atoms with Gasteiger partial charge in [0.05, 0.1) is 22.7 Å². The Hall–Kier alpha value is -0.980. The molecule has 1 fully saturated rings. The van der Waals surface area contributed by atoms with Crippen LogP contribution in [0.1, 0.15) is 17.3 Å². The molecule has 0 aliphatic carbocycles. The van der Waals surface area contributed by atoms with E-state index in [1.165, 1.54) is 6.07 Å². The van der Waals surface area contributed by atoms with Gasteiger partial charge in [-0.1, -0.05) is 13.0 Å². The minimum absolute atomic E-state index is 0.0390. The highest BCUT2D eigenvalue weighted by atomic mass is 79.9. The summed E-state index contributed by atoms with van der Waals surface area (Å²) in [5.74, 6) is -0.953. The van der Waals surface area contributed by atoms with E-state index < -0.39 is 11.7 Å². The molecule has 1 aromatic rings. The first-order valence-electron chi connectivity index (χ1n) is 6.68. The number of nitrogens with one attached hydrogen (secondary N) is 1. The third-order valence-electron chi connectivity index (χ3n) is 3.36. The van der Waals surface area contributed by atoms with Gasteiger partial charge in [-0.2, -0.15) is 0 Å². The van der Waals surface area contributed by atoms with Crippen molar-refractivity contribution in [2.75, 3.05) is 32.8 Å². The summed E-state index contributed by atoms with van der Waals surface area (Å²) >= 11 is 3.07. The van der Waals surface area contributed by atoms with Gasteiger partial charge in [0.2, 0.25) is 0 Å². The lowest BCUT2D eigenvalue weighted by Gasteiger charge is -2.32. The molecule has 1 saturated heterocycles. The van der Waals surface area contributed by atoms with Crippen LogP contribution in [-0.2, 0) is 4.74 Å². The number of rotatable bonds is 4. The molecule has 1 unspecified atom stereocenters. The Kier molecular flexibility index (Phi) is 5.51. The minimum atomic E-state index is -0.537. The van der Waals surface area contributed by atoms with Crippen molar-refractivity contribution >= 4 is 21.8 Å². The molecule has 1 amide bonds. The van der Waals surface area contributed by atoms with Crippen molar-refractivity contribution < 1.29 is 13.9 Å². The van der Waals surface area contributed by atoms with Crippen LogP contribution in [0.3, 0.4) is 0 Å². The van der Waals surface area contributed by atoms with Crippen LogP contribution in [0.4, 0.5) is 4.39 Å². The van der Waals surface area contributed by atoms with Gasteiger partial charge in [-0.15, -0.1) is 0 Å². The Morgan fingerprint density at radius 1 is 1.60 bits per heavy atom. The lowest BCUT2D eigenvalue weighted by molar-refractivity contribution is -0.0246. The number of nitrogens with zero attached hydrogens (tertiary/aromatic N) is 1. The summed E-state index contributed by atoms with van der Waals surface area (Å²) in [6, 6.07) is 4.67. The van der Waals surface area contributed by atoms with E-state index >= 15 is 0 Å². The van der Waals surface area contributed by atoms with Crippen LogP contribution < -0.4 is 5.32 Å². The third-order valence-corrected chi connectivity index (χ3v) is 3.97. The fourth-order valence-electron chi connectivity index (χ4n) is 2.17. The maximum absolute atomic E-state index is 13.8. The van der Waals surface area contributed by atoms with E-state index in [1.807, 2.05) is 0 Å². The van der Waals surface area contributed by atoms with E-state index in [0.717, 1.165) is 19.6 Å². The average Bonchev–Trinajstić information content (AvgIpc) is 2.48. The largest absolute Gasteiger partial charge is 0.374 e. The van der Waals surface area contributed by atoms with Gasteiger partial charge >= 0.3 is 0 Å². The zero-order valence-electron chi connectivity index (χ0n) is 11.4. The summed E-state index contributed by atoms with van der Waals surface area (Å²) in [7, 11) is 0. The Morgan fingerprint density at radius 3 is 3.15 bits per heavy atom. The molecule has 0 radical (unpaired) electrons. The summed E-state index contributed by atoms with van der Waals surface area (Å²) in [5.41, 5.74) is 0.0440. The summed E-state index contributed by atoms with van der Waals surface area (Å²) in [5, 5.41) is 2.73. The standard InChI is InChI=1S/C14H18BrFN2O2/c1-2-18-6-7-20-10(9-18)8-17-14(19)11-4-3-5-12(15)13(11)16/h3-5,10H,2,6-9H2,1H3,(H,17,19). The monoisotopic (exact) mass is 344 g/mol. The van der Waals surface area contributed by atoms with E-state index in [0.29, 0.717) is 13.2 Å². The first-order valence-corrected chi connectivity index (χ1v) is 7.47. The number of halogens is 2. The topological polar surface area (TPSA) is 41.6 Å². The quantitative estimate of drug-likeness (QED) is 0.908. The number of hydrogen-bond donors (Lipinski definition) is 1. The molecule has 0 bridgehead atoms. The Labute approximate surface area is 126 Å². The van der Waals surface area contributed by atoms with Crippen LogP contribution >= 0.6 is 15.9 Å². The summed E-state index contributed by atoms with van der Waals surface area (Å²) in [6.45, 7) is 5.83. The second-order valence-electron chi connectivity index (χ2n) is 4.70. The summed E-state index contributed by atoms with van der Waals surface area (Å²) in [4.78, 5) is 14.2. The number of morpholine rings is 1. The second-order valence-corrected chi connectivity index (χ2v) is 5.55. The van der Waals surface area contributed by atoms with Crippen molar-refractivity contribution in [2.45, 2.75) is 13.0 Å². The van der Waals surface area contributed by atoms with Gasteiger partial charge < -0.3 is 10.1 Å². The Balaban J connectivity index is 1.90. The lowest BCUT2D eigenvalue weighted by atomic mass is 10.2. The first kappa shape index (κ1) is 15.4. The number of ether oxygens (including phenoxy) is 1. The zero-order valence-corrected chi connectivity index (χ0v) is 13.0. The number of amides is 1. The third kappa shape index (κ3) is 3.77. The molecule has 110 valence electrons. The number of likely N-dealkylation sites (N-methyl/N-ethyl adjacent to an activating group) is 1. The number of carbonyl (C=O) groups is 1. The molecule has 6 heteroatoms. The summed E-state index contributed by atoms with van der Waals surface area (Å²) < 4.78 is 19.7. The highest BCUT2D eigenvalue weighted by Crippen LogP contribution is 2.18. The zero-order chi connectivity index (χ0) is 14.5. The molecule has 1 aromatic carbocycles. The van der Waals surface area contributed by atoms with E-state index in [-0.39, 0.29) is 16.1 Å². The molecule has 2 rings (SSSR count). The van der Waals surface area contributed by atoms with Crippen LogP contribution in [0, 0.1) is 5.82 Å². The highest BCUT2D eigenvalue weighted by molar-refractivity contribution is 9.10. The molecule has 1 heterocycles. The SMILES string of the molecule is CCN1CCOC(CNC(=O)c2cccc(Br)c2F)C1. The number of benzene rings is 1. The maximum Gasteiger partial charge on any atom is 0.254 e. The molecule has 1 N–H and O–H groups in total. The van der Waals surface area contributed by atoms with Crippen LogP contribution in [-0.4, -0.2) is 49.7 Å². The van der Waals surface area contributed by atoms with Crippen LogP contribution in [0.25, 0.3) is 0 Å². The summed E-state index contributed by atoms with van der Waals surface area (Å²) in [6.07, 6.45) is -0.0390. The van der Waals surface area contributed by atoms with Gasteiger partial charge in [0.15, 0.2) is 0 Å². The molecule has 4 nitrogen and oxygen atoms in total. The average molecular weight is 345 g/mol. The normalized spacial score (nSPS) is 19.9. The predicted octanol–water partition coefficient (Wildman–Crippen LogP) is 2.04. The van der Waals surface area contributed by atoms with Crippen molar-refractivity contribution in [3.05, 3.63) is 34.1 Å². The van der Waals surface area contributed by atoms with Gasteiger partial charge in [-0.05, 0) is 34.6 Å². The van der Waals surface area contributed by atoms with Crippen molar-refractivity contribution in [1.29, 1.82) is 0 Å². The number of carbonyl (C=O) groups excluding carboxylic acids is 1. The van der Waals surface area contributed by atoms with Gasteiger partial charge in [-0.25, -0.2) is 4.39 Å². The molecule has 1 aliphatic heterocycles. The molecule has 0 spiro atoms. The van der Waals surface area contributed by atoms with E-state index in [4.69, 9.17) is 4.74 Å². The molecule has 0 saturated carbocycles. The maximum atomic E-state index is 13.8. The van der Waals surface area contributed by atoms with Crippen molar-refractivity contribution in [1.82, 2.24) is 10.2 Å². The predicted molar refractivity (Wildman–Crippen MR) is 78.3 cm³/mol. The minimum Gasteiger partial charge on any atom is -0.374 e. The first-order chi connectivity index (χ1) is 9.61. The highest BCUT2D eigenvalue weighted by Gasteiger charge is 2.21. The van der Waals surface area contributed by atoms with Crippen LogP contribution in [0.5, 0.6) is 0 Å². The van der Waals surface area contributed by atoms with Crippen molar-refractivity contribution in [2.24, 2.45) is 0 Å². The fourth-order valence-corrected chi connectivity index (χ4v) is 2.54. The van der Waals surface area contributed by atoms with Crippen molar-refractivity contribution in [3.63, 3.8) is 0 Å². The molecule has 0 aromatic heterocycles. The Bertz CT molecular complexity index is 484. The lowest BCUT2D eigenvalue weighted by Crippen LogP contribution is -2.47. The molecule has 1 atom stereocenters. The van der Waals surface area contributed by atoms with E-state index in [9.17, 15) is 9.18 Å². The van der Waals surface area contributed by atoms with Crippen molar-refractivity contribution in [3.8, 4) is 0 Å². The molecular weight excluding hydrogens is 327 g/mol. The van der Waals surface area contributed by atoms with Crippen LogP contribution in [0.2, 0.25) is 0 Å². The number of hydrogen-bond acceptors (Lipinski definition) is 3. The molecular formula is C14H18BrFN2O2. The van der Waals surface area contributed by atoms with Crippen LogP contribution in [0.15, 0.2) is 22.7 Å². The molecule has 1 aliphatic rings. The Morgan fingerprint density at radius 2 is 2.40 bits per heavy atom. The van der Waals surface area contributed by atoms with Gasteiger partial charge in [0, 0.05) is 19.6 Å². The smallest absolute Gasteiger partial charge is 0.254 e. The van der Waals surface area contributed by atoms with Gasteiger partial charge in [-0.3, -0.25) is 9.69 Å². The van der Waals surface area contributed by atoms with Gasteiger partial charge in [0.25, 0.3) is 5.91 Å². The second kappa shape index (κ2) is 7.15. The van der Waals surface area contributed by atoms with Gasteiger partial charge in [0.1, 0.15) is 5.82 Å². The fraction of sp³-hybridized carbons (Fsp3) is 0.500. The van der Waals surface area contributed by atoms with E-state index in [2.05, 4.69) is 33.1 Å². The van der Waals surface area contributed by atoms with E-state index in [1.54, 1.807) is 12.1 Å². The molecule has 20 heavy (non-hydrogen) atoms.